The Morgan fingerprint density at radius 2 is 1.88 bits per heavy atom. The van der Waals surface area contributed by atoms with Crippen molar-refractivity contribution in [2.75, 3.05) is 0 Å². The molecule has 1 heterocycles. The van der Waals surface area contributed by atoms with Crippen molar-refractivity contribution in [1.82, 2.24) is 15.0 Å². The van der Waals surface area contributed by atoms with Gasteiger partial charge < -0.3 is 5.11 Å². The SMILES string of the molecule is Cn1nnc(Br)c1C1(O)Cc2ccccc2C1. The summed E-state index contributed by atoms with van der Waals surface area (Å²) >= 11 is 3.35. The van der Waals surface area contributed by atoms with Gasteiger partial charge in [0.2, 0.25) is 0 Å². The van der Waals surface area contributed by atoms with Crippen molar-refractivity contribution < 1.29 is 5.11 Å². The van der Waals surface area contributed by atoms with Gasteiger partial charge in [0.05, 0.1) is 0 Å². The molecule has 3 rings (SSSR count). The Labute approximate surface area is 107 Å². The lowest BCUT2D eigenvalue weighted by Gasteiger charge is -2.22. The average molecular weight is 294 g/mol. The zero-order valence-electron chi connectivity index (χ0n) is 9.39. The summed E-state index contributed by atoms with van der Waals surface area (Å²) in [4.78, 5) is 0. The summed E-state index contributed by atoms with van der Waals surface area (Å²) in [5.74, 6) is 0. The van der Waals surface area contributed by atoms with Crippen LogP contribution < -0.4 is 0 Å². The number of nitrogens with zero attached hydrogens (tertiary/aromatic N) is 3. The van der Waals surface area contributed by atoms with Crippen molar-refractivity contribution in [2.24, 2.45) is 7.05 Å². The summed E-state index contributed by atoms with van der Waals surface area (Å²) in [6.07, 6.45) is 1.23. The summed E-state index contributed by atoms with van der Waals surface area (Å²) in [6, 6.07) is 8.12. The predicted molar refractivity (Wildman–Crippen MR) is 66.4 cm³/mol. The summed E-state index contributed by atoms with van der Waals surface area (Å²) in [5, 5.41) is 18.7. The average Bonchev–Trinajstić information content (AvgIpc) is 2.78. The molecule has 1 aliphatic carbocycles. The van der Waals surface area contributed by atoms with E-state index in [2.05, 4.69) is 38.4 Å². The number of benzene rings is 1. The van der Waals surface area contributed by atoms with E-state index in [4.69, 9.17) is 0 Å². The van der Waals surface area contributed by atoms with Crippen molar-refractivity contribution in [1.29, 1.82) is 0 Å². The Hall–Kier alpha value is -1.20. The standard InChI is InChI=1S/C12H12BrN3O/c1-16-10(11(13)14-15-16)12(17)6-8-4-2-3-5-9(8)7-12/h2-5,17H,6-7H2,1H3. The Morgan fingerprint density at radius 3 is 2.35 bits per heavy atom. The monoisotopic (exact) mass is 293 g/mol. The third-order valence-electron chi connectivity index (χ3n) is 3.31. The number of aryl methyl sites for hydroxylation is 1. The molecule has 88 valence electrons. The predicted octanol–water partition coefficient (Wildman–Crippen LogP) is 1.56. The van der Waals surface area contributed by atoms with Crippen LogP contribution in [-0.4, -0.2) is 20.1 Å². The molecule has 1 aliphatic rings. The van der Waals surface area contributed by atoms with Crippen LogP contribution in [0.15, 0.2) is 28.9 Å². The van der Waals surface area contributed by atoms with Crippen molar-refractivity contribution >= 4 is 15.9 Å². The van der Waals surface area contributed by atoms with Gasteiger partial charge in [-0.15, -0.1) is 5.10 Å². The third-order valence-corrected chi connectivity index (χ3v) is 3.84. The normalized spacial score (nSPS) is 17.1. The minimum atomic E-state index is -0.902. The van der Waals surface area contributed by atoms with Crippen molar-refractivity contribution in [3.63, 3.8) is 0 Å². The minimum Gasteiger partial charge on any atom is -0.383 e. The fourth-order valence-electron chi connectivity index (χ4n) is 2.59. The second kappa shape index (κ2) is 3.65. The highest BCUT2D eigenvalue weighted by molar-refractivity contribution is 9.10. The van der Waals surface area contributed by atoms with Crippen molar-refractivity contribution in [3.05, 3.63) is 45.7 Å². The number of halogens is 1. The molecule has 5 heteroatoms. The van der Waals surface area contributed by atoms with Gasteiger partial charge in [-0.2, -0.15) is 0 Å². The highest BCUT2D eigenvalue weighted by Crippen LogP contribution is 2.39. The Morgan fingerprint density at radius 1 is 1.29 bits per heavy atom. The topological polar surface area (TPSA) is 50.9 Å². The lowest BCUT2D eigenvalue weighted by Crippen LogP contribution is -2.29. The fraction of sp³-hybridized carbons (Fsp3) is 0.333. The van der Waals surface area contributed by atoms with Crippen LogP contribution in [0.3, 0.4) is 0 Å². The first-order valence-electron chi connectivity index (χ1n) is 5.45. The molecule has 1 aromatic heterocycles. The van der Waals surface area contributed by atoms with E-state index in [0.717, 1.165) is 5.69 Å². The van der Waals surface area contributed by atoms with Crippen LogP contribution in [0, 0.1) is 0 Å². The number of aromatic nitrogens is 3. The molecule has 1 aromatic carbocycles. The number of rotatable bonds is 1. The van der Waals surface area contributed by atoms with Crippen LogP contribution in [0.1, 0.15) is 16.8 Å². The van der Waals surface area contributed by atoms with Gasteiger partial charge in [0, 0.05) is 19.9 Å². The quantitative estimate of drug-likeness (QED) is 0.868. The number of fused-ring (bicyclic) bond motifs is 1. The molecule has 0 radical (unpaired) electrons. The molecule has 1 N–H and O–H groups in total. The van der Waals surface area contributed by atoms with Gasteiger partial charge in [-0.25, -0.2) is 4.68 Å². The lowest BCUT2D eigenvalue weighted by atomic mass is 9.96. The van der Waals surface area contributed by atoms with Crippen LogP contribution in [0.2, 0.25) is 0 Å². The van der Waals surface area contributed by atoms with Crippen molar-refractivity contribution in [2.45, 2.75) is 18.4 Å². The Kier molecular flexibility index (Phi) is 2.34. The van der Waals surface area contributed by atoms with Gasteiger partial charge >= 0.3 is 0 Å². The Balaban J connectivity index is 2.07. The molecule has 0 amide bonds. The van der Waals surface area contributed by atoms with E-state index in [1.165, 1.54) is 11.1 Å². The van der Waals surface area contributed by atoms with Crippen molar-refractivity contribution in [3.8, 4) is 0 Å². The third kappa shape index (κ3) is 1.61. The molecule has 0 unspecified atom stereocenters. The number of hydrogen-bond donors (Lipinski definition) is 1. The molecule has 0 aliphatic heterocycles. The summed E-state index contributed by atoms with van der Waals surface area (Å²) in [7, 11) is 1.80. The zero-order valence-corrected chi connectivity index (χ0v) is 11.0. The second-order valence-electron chi connectivity index (χ2n) is 4.51. The molecule has 0 saturated heterocycles. The fourth-order valence-corrected chi connectivity index (χ4v) is 3.28. The minimum absolute atomic E-state index is 0.614. The van der Waals surface area contributed by atoms with E-state index in [9.17, 15) is 5.11 Å². The van der Waals surface area contributed by atoms with E-state index < -0.39 is 5.60 Å². The van der Waals surface area contributed by atoms with Gasteiger partial charge in [0.15, 0.2) is 4.60 Å². The maximum atomic E-state index is 10.8. The molecular weight excluding hydrogens is 282 g/mol. The van der Waals surface area contributed by atoms with Crippen LogP contribution in [0.25, 0.3) is 0 Å². The van der Waals surface area contributed by atoms with E-state index in [1.54, 1.807) is 11.7 Å². The first-order chi connectivity index (χ1) is 8.10. The molecular formula is C12H12BrN3O. The smallest absolute Gasteiger partial charge is 0.154 e. The lowest BCUT2D eigenvalue weighted by molar-refractivity contribution is 0.0389. The van der Waals surface area contributed by atoms with Crippen LogP contribution >= 0.6 is 15.9 Å². The maximum Gasteiger partial charge on any atom is 0.154 e. The summed E-state index contributed by atoms with van der Waals surface area (Å²) in [6.45, 7) is 0. The van der Waals surface area contributed by atoms with Crippen LogP contribution in [0.4, 0.5) is 0 Å². The number of hydrogen-bond acceptors (Lipinski definition) is 3. The first kappa shape index (κ1) is 10.9. The molecule has 0 atom stereocenters. The van der Waals surface area contributed by atoms with E-state index in [0.29, 0.717) is 17.4 Å². The Bertz CT molecular complexity index is 534. The molecule has 0 spiro atoms. The molecule has 0 fully saturated rings. The maximum absolute atomic E-state index is 10.8. The molecule has 17 heavy (non-hydrogen) atoms. The molecule has 4 nitrogen and oxygen atoms in total. The summed E-state index contributed by atoms with van der Waals surface area (Å²) in [5.41, 5.74) is 2.24. The largest absolute Gasteiger partial charge is 0.383 e. The van der Waals surface area contributed by atoms with E-state index in [-0.39, 0.29) is 0 Å². The molecule has 0 saturated carbocycles. The molecule has 2 aromatic rings. The first-order valence-corrected chi connectivity index (χ1v) is 6.24. The van der Waals surface area contributed by atoms with E-state index in [1.807, 2.05) is 12.1 Å². The van der Waals surface area contributed by atoms with Crippen LogP contribution in [0.5, 0.6) is 0 Å². The van der Waals surface area contributed by atoms with Gasteiger partial charge in [-0.3, -0.25) is 0 Å². The summed E-state index contributed by atoms with van der Waals surface area (Å²) < 4.78 is 2.26. The van der Waals surface area contributed by atoms with Gasteiger partial charge in [0.25, 0.3) is 0 Å². The van der Waals surface area contributed by atoms with Gasteiger partial charge in [-0.05, 0) is 27.1 Å². The van der Waals surface area contributed by atoms with E-state index >= 15 is 0 Å². The molecule has 0 bridgehead atoms. The second-order valence-corrected chi connectivity index (χ2v) is 5.26. The zero-order chi connectivity index (χ0) is 12.0. The number of aliphatic hydroxyl groups is 1. The highest BCUT2D eigenvalue weighted by atomic mass is 79.9. The van der Waals surface area contributed by atoms with Gasteiger partial charge in [0.1, 0.15) is 11.3 Å². The van der Waals surface area contributed by atoms with Crippen LogP contribution in [-0.2, 0) is 25.5 Å². The highest BCUT2D eigenvalue weighted by Gasteiger charge is 2.40. The van der Waals surface area contributed by atoms with Gasteiger partial charge in [-0.1, -0.05) is 29.5 Å².